The zero-order valence-electron chi connectivity index (χ0n) is 8.79. The molecule has 3 aliphatic rings. The Kier molecular flexibility index (Phi) is 1.74. The maximum Gasteiger partial charge on any atom is 0.00244 e. The molecule has 1 radical (unpaired) electrons. The highest BCUT2D eigenvalue weighted by Crippen LogP contribution is 2.67. The summed E-state index contributed by atoms with van der Waals surface area (Å²) >= 11 is 0. The molecule has 1 aromatic rings. The van der Waals surface area contributed by atoms with Gasteiger partial charge in [0.15, 0.2) is 0 Å². The lowest BCUT2D eigenvalue weighted by molar-refractivity contribution is -0.107. The third-order valence-electron chi connectivity index (χ3n) is 4.07. The van der Waals surface area contributed by atoms with Crippen LogP contribution in [0.15, 0.2) is 30.3 Å². The summed E-state index contributed by atoms with van der Waals surface area (Å²) in [6.07, 6.45) is 5.87. The standard InChI is InChI=1S/C14H17/c1-11(13-5-3-2-4-6-13)7-14-8-12(9-14)10-14/h2-6,12H,7-10H2,1H3. The molecule has 0 aromatic heterocycles. The van der Waals surface area contributed by atoms with Crippen LogP contribution in [-0.4, -0.2) is 0 Å². The van der Waals surface area contributed by atoms with Crippen molar-refractivity contribution < 1.29 is 0 Å². The molecule has 73 valence electrons. The van der Waals surface area contributed by atoms with E-state index in [1.54, 1.807) is 5.92 Å². The van der Waals surface area contributed by atoms with E-state index in [0.29, 0.717) is 0 Å². The maximum atomic E-state index is 2.30. The van der Waals surface area contributed by atoms with E-state index >= 15 is 0 Å². The van der Waals surface area contributed by atoms with E-state index in [1.807, 2.05) is 0 Å². The van der Waals surface area contributed by atoms with E-state index in [2.05, 4.69) is 37.3 Å². The van der Waals surface area contributed by atoms with Crippen molar-refractivity contribution in [1.82, 2.24) is 0 Å². The van der Waals surface area contributed by atoms with Crippen LogP contribution in [-0.2, 0) is 0 Å². The van der Waals surface area contributed by atoms with Crippen LogP contribution in [0.1, 0.15) is 38.2 Å². The van der Waals surface area contributed by atoms with Crippen LogP contribution in [0.2, 0.25) is 0 Å². The van der Waals surface area contributed by atoms with E-state index in [0.717, 1.165) is 11.3 Å². The molecule has 4 rings (SSSR count). The normalized spacial score (nSPS) is 33.7. The SMILES string of the molecule is C[C](CC12CC(C1)C2)c1ccccc1. The molecule has 0 amide bonds. The summed E-state index contributed by atoms with van der Waals surface area (Å²) in [5.74, 6) is 2.70. The lowest BCUT2D eigenvalue weighted by atomic mass is 9.42. The third-order valence-corrected chi connectivity index (χ3v) is 4.07. The Morgan fingerprint density at radius 1 is 1.21 bits per heavy atom. The first-order valence-corrected chi connectivity index (χ1v) is 5.65. The predicted octanol–water partition coefficient (Wildman–Crippen LogP) is 3.82. The molecule has 0 heteroatoms. The summed E-state index contributed by atoms with van der Waals surface area (Å²) < 4.78 is 0. The summed E-state index contributed by atoms with van der Waals surface area (Å²) in [7, 11) is 0. The van der Waals surface area contributed by atoms with E-state index in [1.165, 1.54) is 31.2 Å². The second-order valence-corrected chi connectivity index (χ2v) is 5.30. The van der Waals surface area contributed by atoms with Crippen molar-refractivity contribution in [2.45, 2.75) is 32.6 Å². The highest BCUT2D eigenvalue weighted by molar-refractivity contribution is 5.31. The van der Waals surface area contributed by atoms with Gasteiger partial charge in [-0.15, -0.1) is 0 Å². The average molecular weight is 185 g/mol. The maximum absolute atomic E-state index is 2.30. The molecule has 1 aromatic carbocycles. The van der Waals surface area contributed by atoms with Crippen LogP contribution in [0.5, 0.6) is 0 Å². The molecule has 3 saturated carbocycles. The second kappa shape index (κ2) is 2.85. The fourth-order valence-corrected chi connectivity index (χ4v) is 3.26. The Labute approximate surface area is 86.3 Å². The Balaban J connectivity index is 1.68. The van der Waals surface area contributed by atoms with E-state index in [-0.39, 0.29) is 0 Å². The van der Waals surface area contributed by atoms with Gasteiger partial charge in [0, 0.05) is 5.92 Å². The third kappa shape index (κ3) is 1.20. The smallest absolute Gasteiger partial charge is 0.00244 e. The summed E-state index contributed by atoms with van der Waals surface area (Å²) in [4.78, 5) is 0. The summed E-state index contributed by atoms with van der Waals surface area (Å²) in [6.45, 7) is 2.30. The quantitative estimate of drug-likeness (QED) is 0.671. The zero-order chi connectivity index (χ0) is 9.60. The Bertz CT molecular complexity index is 308. The lowest BCUT2D eigenvalue weighted by Crippen LogP contribution is -2.52. The number of hydrogen-bond donors (Lipinski definition) is 0. The van der Waals surface area contributed by atoms with Gasteiger partial charge in [0.1, 0.15) is 0 Å². The van der Waals surface area contributed by atoms with Crippen LogP contribution in [0, 0.1) is 17.3 Å². The Hall–Kier alpha value is -0.780. The van der Waals surface area contributed by atoms with Gasteiger partial charge in [-0.25, -0.2) is 0 Å². The van der Waals surface area contributed by atoms with Crippen molar-refractivity contribution >= 4 is 0 Å². The topological polar surface area (TPSA) is 0 Å². The van der Waals surface area contributed by atoms with Gasteiger partial charge < -0.3 is 0 Å². The van der Waals surface area contributed by atoms with Gasteiger partial charge >= 0.3 is 0 Å². The molecule has 0 unspecified atom stereocenters. The first kappa shape index (κ1) is 8.52. The molecular weight excluding hydrogens is 168 g/mol. The average Bonchev–Trinajstić information content (AvgIpc) is 2.10. The summed E-state index contributed by atoms with van der Waals surface area (Å²) in [5.41, 5.74) is 2.20. The van der Waals surface area contributed by atoms with E-state index in [4.69, 9.17) is 0 Å². The van der Waals surface area contributed by atoms with Gasteiger partial charge in [-0.05, 0) is 42.6 Å². The molecule has 3 aliphatic carbocycles. The van der Waals surface area contributed by atoms with Crippen LogP contribution < -0.4 is 0 Å². The van der Waals surface area contributed by atoms with Crippen LogP contribution >= 0.6 is 0 Å². The molecule has 14 heavy (non-hydrogen) atoms. The highest BCUT2D eigenvalue weighted by Gasteiger charge is 2.56. The second-order valence-electron chi connectivity index (χ2n) is 5.30. The molecule has 0 saturated heterocycles. The zero-order valence-corrected chi connectivity index (χ0v) is 8.79. The minimum atomic E-state index is 0.755. The van der Waals surface area contributed by atoms with Crippen LogP contribution in [0.25, 0.3) is 0 Å². The molecule has 3 fully saturated rings. The first-order valence-electron chi connectivity index (χ1n) is 5.65. The number of rotatable bonds is 3. The minimum absolute atomic E-state index is 0.755. The highest BCUT2D eigenvalue weighted by atomic mass is 14.6. The predicted molar refractivity (Wildman–Crippen MR) is 58.9 cm³/mol. The molecule has 0 N–H and O–H groups in total. The van der Waals surface area contributed by atoms with Crippen molar-refractivity contribution in [3.8, 4) is 0 Å². The van der Waals surface area contributed by atoms with Crippen LogP contribution in [0.3, 0.4) is 0 Å². The summed E-state index contributed by atoms with van der Waals surface area (Å²) in [6, 6.07) is 10.8. The Morgan fingerprint density at radius 3 is 2.36 bits per heavy atom. The van der Waals surface area contributed by atoms with Crippen molar-refractivity contribution in [3.05, 3.63) is 41.8 Å². The van der Waals surface area contributed by atoms with Crippen molar-refractivity contribution in [2.24, 2.45) is 11.3 Å². The van der Waals surface area contributed by atoms with Gasteiger partial charge in [-0.1, -0.05) is 37.3 Å². The number of hydrogen-bond acceptors (Lipinski definition) is 0. The lowest BCUT2D eigenvalue weighted by Gasteiger charge is -2.63. The van der Waals surface area contributed by atoms with Crippen molar-refractivity contribution in [1.29, 1.82) is 0 Å². The molecule has 0 aliphatic heterocycles. The number of benzene rings is 1. The molecule has 0 spiro atoms. The summed E-state index contributed by atoms with van der Waals surface area (Å²) in [5, 5.41) is 0. The fraction of sp³-hybridized carbons (Fsp3) is 0.500. The van der Waals surface area contributed by atoms with Crippen LogP contribution in [0.4, 0.5) is 0 Å². The fourth-order valence-electron chi connectivity index (χ4n) is 3.26. The minimum Gasteiger partial charge on any atom is -0.0622 e. The van der Waals surface area contributed by atoms with E-state index in [9.17, 15) is 0 Å². The van der Waals surface area contributed by atoms with Gasteiger partial charge in [-0.2, -0.15) is 0 Å². The Morgan fingerprint density at radius 2 is 1.86 bits per heavy atom. The largest absolute Gasteiger partial charge is 0.0622 e. The molecule has 0 heterocycles. The van der Waals surface area contributed by atoms with Gasteiger partial charge in [0.05, 0.1) is 0 Å². The van der Waals surface area contributed by atoms with Crippen molar-refractivity contribution in [2.75, 3.05) is 0 Å². The molecule has 2 bridgehead atoms. The van der Waals surface area contributed by atoms with Gasteiger partial charge in [-0.3, -0.25) is 0 Å². The molecule has 0 atom stereocenters. The van der Waals surface area contributed by atoms with E-state index < -0.39 is 0 Å². The first-order chi connectivity index (χ1) is 6.77. The monoisotopic (exact) mass is 185 g/mol. The van der Waals surface area contributed by atoms with Crippen molar-refractivity contribution in [3.63, 3.8) is 0 Å². The molecule has 0 nitrogen and oxygen atoms in total. The van der Waals surface area contributed by atoms with Gasteiger partial charge in [0.2, 0.25) is 0 Å². The van der Waals surface area contributed by atoms with Gasteiger partial charge in [0.25, 0.3) is 0 Å². The molecular formula is C14H17.